The van der Waals surface area contributed by atoms with E-state index in [1.54, 1.807) is 12.4 Å². The van der Waals surface area contributed by atoms with E-state index >= 15 is 0 Å². The number of nitrogens with zero attached hydrogens (tertiary/aromatic N) is 6. The summed E-state index contributed by atoms with van der Waals surface area (Å²) in [4.78, 5) is 15.9. The van der Waals surface area contributed by atoms with Crippen molar-refractivity contribution in [2.45, 2.75) is 20.8 Å². The van der Waals surface area contributed by atoms with E-state index in [0.717, 1.165) is 28.8 Å². The Morgan fingerprint density at radius 3 is 2.52 bits per heavy atom. The van der Waals surface area contributed by atoms with Gasteiger partial charge in [0.05, 0.1) is 11.9 Å². The smallest absolute Gasteiger partial charge is 0.241 e. The number of rotatable bonds is 2. The van der Waals surface area contributed by atoms with Gasteiger partial charge in [-0.15, -0.1) is 0 Å². The summed E-state index contributed by atoms with van der Waals surface area (Å²) >= 11 is 0. The van der Waals surface area contributed by atoms with Gasteiger partial charge in [-0.05, 0) is 20.8 Å². The molecule has 0 bridgehead atoms. The van der Waals surface area contributed by atoms with Gasteiger partial charge in [-0.25, -0.2) is 24.6 Å². The van der Waals surface area contributed by atoms with Crippen LogP contribution in [0.4, 0.5) is 4.39 Å². The van der Waals surface area contributed by atoms with Gasteiger partial charge >= 0.3 is 0 Å². The molecule has 0 aromatic carbocycles. The lowest BCUT2D eigenvalue weighted by Gasteiger charge is -2.03. The van der Waals surface area contributed by atoms with Crippen LogP contribution in [0.3, 0.4) is 0 Å². The molecule has 3 aromatic rings. The van der Waals surface area contributed by atoms with E-state index in [1.807, 2.05) is 20.8 Å². The molecule has 0 spiro atoms. The van der Waals surface area contributed by atoms with Gasteiger partial charge in [0.25, 0.3) is 0 Å². The third-order valence-corrected chi connectivity index (χ3v) is 3.18. The topological polar surface area (TPSA) is 69.4 Å². The Morgan fingerprint density at radius 1 is 1.00 bits per heavy atom. The molecular formula is C14H13FN6. The van der Waals surface area contributed by atoms with Crippen molar-refractivity contribution in [2.24, 2.45) is 0 Å². The molecule has 0 atom stereocenters. The maximum Gasteiger partial charge on any atom is 0.241 e. The third-order valence-electron chi connectivity index (χ3n) is 3.18. The van der Waals surface area contributed by atoms with Crippen LogP contribution in [0.5, 0.6) is 0 Å². The number of hydrogen-bond donors (Lipinski definition) is 0. The second-order valence-corrected chi connectivity index (χ2v) is 4.69. The summed E-state index contributed by atoms with van der Waals surface area (Å²) < 4.78 is 15.1. The molecule has 3 heterocycles. The first-order valence-electron chi connectivity index (χ1n) is 6.39. The van der Waals surface area contributed by atoms with Gasteiger partial charge in [0, 0.05) is 29.2 Å². The summed E-state index contributed by atoms with van der Waals surface area (Å²) in [6, 6.07) is 0. The van der Waals surface area contributed by atoms with Crippen LogP contribution in [0.15, 0.2) is 24.9 Å². The zero-order valence-electron chi connectivity index (χ0n) is 11.9. The lowest BCUT2D eigenvalue weighted by molar-refractivity contribution is 0.563. The van der Waals surface area contributed by atoms with E-state index in [2.05, 4.69) is 25.0 Å². The van der Waals surface area contributed by atoms with Crippen molar-refractivity contribution < 1.29 is 4.39 Å². The molecule has 0 aliphatic rings. The van der Waals surface area contributed by atoms with E-state index in [-0.39, 0.29) is 5.69 Å². The molecule has 0 aliphatic heterocycles. The molecule has 21 heavy (non-hydrogen) atoms. The monoisotopic (exact) mass is 284 g/mol. The predicted molar refractivity (Wildman–Crippen MR) is 74.3 cm³/mol. The first kappa shape index (κ1) is 13.3. The molecule has 0 N–H and O–H groups in total. The number of halogens is 1. The highest BCUT2D eigenvalue weighted by molar-refractivity contribution is 5.66. The molecule has 106 valence electrons. The minimum absolute atomic E-state index is 0.206. The summed E-state index contributed by atoms with van der Waals surface area (Å²) in [5.41, 5.74) is 3.55. The lowest BCUT2D eigenvalue weighted by atomic mass is 10.1. The average molecular weight is 284 g/mol. The van der Waals surface area contributed by atoms with Crippen molar-refractivity contribution in [3.63, 3.8) is 0 Å². The van der Waals surface area contributed by atoms with Crippen LogP contribution in [-0.4, -0.2) is 29.7 Å². The molecular weight excluding hydrogens is 271 g/mol. The molecule has 7 heteroatoms. The van der Waals surface area contributed by atoms with Crippen molar-refractivity contribution in [2.75, 3.05) is 0 Å². The van der Waals surface area contributed by atoms with Crippen molar-refractivity contribution in [3.8, 4) is 16.8 Å². The van der Waals surface area contributed by atoms with E-state index < -0.39 is 5.95 Å². The van der Waals surface area contributed by atoms with Crippen LogP contribution < -0.4 is 0 Å². The molecule has 0 unspecified atom stereocenters. The summed E-state index contributed by atoms with van der Waals surface area (Å²) in [6.07, 6.45) is 6.03. The molecule has 3 aromatic heterocycles. The Kier molecular flexibility index (Phi) is 3.17. The summed E-state index contributed by atoms with van der Waals surface area (Å²) in [7, 11) is 0. The molecule has 0 saturated heterocycles. The van der Waals surface area contributed by atoms with Gasteiger partial charge in [0.1, 0.15) is 17.8 Å². The summed E-state index contributed by atoms with van der Waals surface area (Å²) in [5, 5.41) is 4.32. The highest BCUT2D eigenvalue weighted by Crippen LogP contribution is 2.25. The zero-order valence-corrected chi connectivity index (χ0v) is 11.9. The Bertz CT molecular complexity index is 811. The van der Waals surface area contributed by atoms with Crippen LogP contribution in [-0.2, 0) is 0 Å². The first-order chi connectivity index (χ1) is 10.1. The van der Waals surface area contributed by atoms with Crippen LogP contribution >= 0.6 is 0 Å². The normalized spacial score (nSPS) is 10.9. The van der Waals surface area contributed by atoms with Gasteiger partial charge in [0.2, 0.25) is 5.95 Å². The molecule has 0 fully saturated rings. The fraction of sp³-hybridized carbons (Fsp3) is 0.214. The molecule has 0 aliphatic carbocycles. The minimum atomic E-state index is -0.615. The second-order valence-electron chi connectivity index (χ2n) is 4.69. The van der Waals surface area contributed by atoms with Crippen LogP contribution in [0, 0.1) is 26.7 Å². The van der Waals surface area contributed by atoms with Gasteiger partial charge in [-0.1, -0.05) is 0 Å². The van der Waals surface area contributed by atoms with Crippen molar-refractivity contribution in [3.05, 3.63) is 48.1 Å². The third kappa shape index (κ3) is 2.37. The van der Waals surface area contributed by atoms with Gasteiger partial charge in [0.15, 0.2) is 0 Å². The molecule has 3 rings (SSSR count). The largest absolute Gasteiger partial charge is 0.242 e. The quantitative estimate of drug-likeness (QED) is 0.675. The van der Waals surface area contributed by atoms with Gasteiger partial charge in [-0.3, -0.25) is 0 Å². The van der Waals surface area contributed by atoms with Crippen LogP contribution in [0.1, 0.15) is 17.2 Å². The highest BCUT2D eigenvalue weighted by Gasteiger charge is 2.14. The summed E-state index contributed by atoms with van der Waals surface area (Å²) in [5.74, 6) is 0.0970. The molecule has 6 nitrogen and oxygen atoms in total. The number of aryl methyl sites for hydroxylation is 3. The Morgan fingerprint density at radius 2 is 1.81 bits per heavy atom. The van der Waals surface area contributed by atoms with Crippen molar-refractivity contribution in [1.82, 2.24) is 29.7 Å². The standard InChI is InChI=1S/C14H13FN6/c1-8-11(4-17-10(3)19-8)12-6-21(20-9(12)2)13-5-16-7-18-14(13)15/h4-7H,1-3H3. The Hall–Kier alpha value is -2.70. The second kappa shape index (κ2) is 5.01. The van der Waals surface area contributed by atoms with Crippen LogP contribution in [0.25, 0.3) is 16.8 Å². The zero-order chi connectivity index (χ0) is 15.0. The molecule has 0 saturated carbocycles. The van der Waals surface area contributed by atoms with Crippen LogP contribution in [0.2, 0.25) is 0 Å². The molecule has 0 radical (unpaired) electrons. The fourth-order valence-electron chi connectivity index (χ4n) is 2.16. The maximum atomic E-state index is 13.7. The van der Waals surface area contributed by atoms with Gasteiger partial charge < -0.3 is 0 Å². The van der Waals surface area contributed by atoms with E-state index in [1.165, 1.54) is 10.9 Å². The summed E-state index contributed by atoms with van der Waals surface area (Å²) in [6.45, 7) is 5.60. The SMILES string of the molecule is Cc1ncc(-c2cn(-c3cncnc3F)nc2C)c(C)n1. The lowest BCUT2D eigenvalue weighted by Crippen LogP contribution is -2.01. The molecule has 0 amide bonds. The first-order valence-corrected chi connectivity index (χ1v) is 6.39. The predicted octanol–water partition coefficient (Wildman–Crippen LogP) is 2.18. The average Bonchev–Trinajstić information content (AvgIpc) is 2.81. The fourth-order valence-corrected chi connectivity index (χ4v) is 2.16. The van der Waals surface area contributed by atoms with Crippen molar-refractivity contribution in [1.29, 1.82) is 0 Å². The van der Waals surface area contributed by atoms with Crippen molar-refractivity contribution >= 4 is 0 Å². The Labute approximate surface area is 120 Å². The number of aromatic nitrogens is 6. The minimum Gasteiger partial charge on any atom is -0.242 e. The maximum absolute atomic E-state index is 13.7. The van der Waals surface area contributed by atoms with Gasteiger partial charge in [-0.2, -0.15) is 9.49 Å². The van der Waals surface area contributed by atoms with E-state index in [0.29, 0.717) is 5.82 Å². The number of hydrogen-bond acceptors (Lipinski definition) is 5. The Balaban J connectivity index is 2.12. The van der Waals surface area contributed by atoms with E-state index in [9.17, 15) is 4.39 Å². The van der Waals surface area contributed by atoms with E-state index in [4.69, 9.17) is 0 Å². The highest BCUT2D eigenvalue weighted by atomic mass is 19.1.